The topological polar surface area (TPSA) is 83.7 Å². The van der Waals surface area contributed by atoms with Gasteiger partial charge in [0.2, 0.25) is 15.9 Å². The van der Waals surface area contributed by atoms with Gasteiger partial charge in [-0.15, -0.1) is 0 Å². The number of carbonyl (C=O) groups is 1. The van der Waals surface area contributed by atoms with Crippen LogP contribution >= 0.6 is 0 Å². The Morgan fingerprint density at radius 1 is 0.969 bits per heavy atom. The first-order chi connectivity index (χ1) is 15.4. The van der Waals surface area contributed by atoms with E-state index < -0.39 is 10.0 Å². The van der Waals surface area contributed by atoms with Gasteiger partial charge in [-0.1, -0.05) is 53.7 Å². The molecular weight excluding hydrogens is 426 g/mol. The van der Waals surface area contributed by atoms with Crippen LogP contribution in [0.3, 0.4) is 0 Å². The summed E-state index contributed by atoms with van der Waals surface area (Å²) in [7, 11) is -3.69. The molecule has 1 aliphatic heterocycles. The number of aromatic nitrogens is 1. The molecule has 7 nitrogen and oxygen atoms in total. The van der Waals surface area contributed by atoms with Gasteiger partial charge < -0.3 is 9.42 Å². The highest BCUT2D eigenvalue weighted by atomic mass is 32.2. The molecule has 0 unspecified atom stereocenters. The Labute approximate surface area is 188 Å². The summed E-state index contributed by atoms with van der Waals surface area (Å²) >= 11 is 0. The van der Waals surface area contributed by atoms with Crippen LogP contribution in [0.15, 0.2) is 70.1 Å². The van der Waals surface area contributed by atoms with Gasteiger partial charge in [-0.25, -0.2) is 8.42 Å². The van der Waals surface area contributed by atoms with E-state index in [1.54, 1.807) is 30.9 Å². The van der Waals surface area contributed by atoms with Crippen LogP contribution in [0.25, 0.3) is 17.2 Å². The van der Waals surface area contributed by atoms with Gasteiger partial charge in [-0.05, 0) is 42.7 Å². The number of piperazine rings is 1. The summed E-state index contributed by atoms with van der Waals surface area (Å²) in [5.41, 5.74) is 3.48. The van der Waals surface area contributed by atoms with Crippen LogP contribution in [0.5, 0.6) is 0 Å². The van der Waals surface area contributed by atoms with Crippen molar-refractivity contribution >= 4 is 22.0 Å². The third-order valence-corrected chi connectivity index (χ3v) is 7.67. The molecule has 2 aromatic carbocycles. The molecule has 0 saturated carbocycles. The Bertz CT molecular complexity index is 1220. The van der Waals surface area contributed by atoms with E-state index in [1.165, 1.54) is 4.31 Å². The quantitative estimate of drug-likeness (QED) is 0.555. The fraction of sp³-hybridized carbons (Fsp3) is 0.250. The Morgan fingerprint density at radius 3 is 2.31 bits per heavy atom. The Balaban J connectivity index is 1.40. The molecule has 1 amide bonds. The maximum absolute atomic E-state index is 12.9. The highest BCUT2D eigenvalue weighted by Gasteiger charge is 2.33. The highest BCUT2D eigenvalue weighted by molar-refractivity contribution is 7.89. The maximum Gasteiger partial charge on any atom is 0.248 e. The SMILES string of the molecule is Cc1noc(C)c1S(=O)(=O)N1CCN(C(=O)/C=C/c2cccc(-c3ccccc3)c2)CC1. The first-order valence-electron chi connectivity index (χ1n) is 10.4. The molecule has 4 rings (SSSR count). The van der Waals surface area contributed by atoms with Crippen LogP contribution in [-0.4, -0.2) is 54.9 Å². The molecule has 8 heteroatoms. The molecule has 1 fully saturated rings. The lowest BCUT2D eigenvalue weighted by molar-refractivity contribution is -0.127. The number of benzene rings is 2. The number of hydrogen-bond acceptors (Lipinski definition) is 5. The fourth-order valence-corrected chi connectivity index (χ4v) is 5.56. The Kier molecular flexibility index (Phi) is 6.25. The van der Waals surface area contributed by atoms with Crippen molar-refractivity contribution in [3.8, 4) is 11.1 Å². The number of hydrogen-bond donors (Lipinski definition) is 0. The molecule has 0 spiro atoms. The van der Waals surface area contributed by atoms with Crippen LogP contribution in [0, 0.1) is 13.8 Å². The summed E-state index contributed by atoms with van der Waals surface area (Å²) in [6.07, 6.45) is 3.34. The van der Waals surface area contributed by atoms with Crippen molar-refractivity contribution in [1.29, 1.82) is 0 Å². The molecule has 3 aromatic rings. The lowest BCUT2D eigenvalue weighted by atomic mass is 10.0. The molecule has 1 aromatic heterocycles. The minimum absolute atomic E-state index is 0.121. The minimum atomic E-state index is -3.69. The Hall–Kier alpha value is -3.23. The minimum Gasteiger partial charge on any atom is -0.360 e. The van der Waals surface area contributed by atoms with E-state index in [4.69, 9.17) is 4.52 Å². The standard InChI is InChI=1S/C24H25N3O4S/c1-18-24(19(2)31-25-18)32(29,30)27-15-13-26(14-16-27)23(28)12-11-20-7-6-10-22(17-20)21-8-4-3-5-9-21/h3-12,17H,13-16H2,1-2H3/b12-11+. The number of amides is 1. The summed E-state index contributed by atoms with van der Waals surface area (Å²) in [5, 5.41) is 3.74. The summed E-state index contributed by atoms with van der Waals surface area (Å²) in [6.45, 7) is 4.32. The lowest BCUT2D eigenvalue weighted by Crippen LogP contribution is -2.50. The van der Waals surface area contributed by atoms with E-state index in [1.807, 2.05) is 54.6 Å². The number of carbonyl (C=O) groups excluding carboxylic acids is 1. The second-order valence-corrected chi connectivity index (χ2v) is 9.58. The van der Waals surface area contributed by atoms with Gasteiger partial charge in [-0.3, -0.25) is 4.79 Å². The summed E-state index contributed by atoms with van der Waals surface area (Å²) in [6, 6.07) is 18.0. The molecule has 166 valence electrons. The number of sulfonamides is 1. The van der Waals surface area contributed by atoms with Crippen LogP contribution in [0.2, 0.25) is 0 Å². The molecule has 0 N–H and O–H groups in total. The van der Waals surface area contributed by atoms with Crippen molar-refractivity contribution in [3.63, 3.8) is 0 Å². The van der Waals surface area contributed by atoms with Gasteiger partial charge in [0.25, 0.3) is 0 Å². The number of aryl methyl sites for hydroxylation is 2. The molecule has 2 heterocycles. The fourth-order valence-electron chi connectivity index (χ4n) is 3.85. The zero-order chi connectivity index (χ0) is 22.7. The van der Waals surface area contributed by atoms with Crippen LogP contribution in [-0.2, 0) is 14.8 Å². The van der Waals surface area contributed by atoms with E-state index in [0.717, 1.165) is 16.7 Å². The third-order valence-electron chi connectivity index (χ3n) is 5.53. The molecule has 0 atom stereocenters. The number of nitrogens with zero attached hydrogens (tertiary/aromatic N) is 3. The van der Waals surface area contributed by atoms with E-state index in [0.29, 0.717) is 18.8 Å². The van der Waals surface area contributed by atoms with Crippen molar-refractivity contribution in [1.82, 2.24) is 14.4 Å². The molecule has 0 aliphatic carbocycles. The largest absolute Gasteiger partial charge is 0.360 e. The lowest BCUT2D eigenvalue weighted by Gasteiger charge is -2.33. The number of rotatable bonds is 5. The van der Waals surface area contributed by atoms with Crippen LogP contribution in [0.1, 0.15) is 17.0 Å². The second kappa shape index (κ2) is 9.10. The van der Waals surface area contributed by atoms with Crippen molar-refractivity contribution in [2.45, 2.75) is 18.7 Å². The van der Waals surface area contributed by atoms with Gasteiger partial charge in [0.15, 0.2) is 5.76 Å². The first kappa shape index (κ1) is 22.0. The van der Waals surface area contributed by atoms with Gasteiger partial charge in [0.05, 0.1) is 0 Å². The Morgan fingerprint density at radius 2 is 1.66 bits per heavy atom. The van der Waals surface area contributed by atoms with Crippen molar-refractivity contribution < 1.29 is 17.7 Å². The first-order valence-corrected chi connectivity index (χ1v) is 11.9. The maximum atomic E-state index is 12.9. The predicted octanol–water partition coefficient (Wildman–Crippen LogP) is 3.50. The average molecular weight is 452 g/mol. The van der Waals surface area contributed by atoms with Gasteiger partial charge >= 0.3 is 0 Å². The van der Waals surface area contributed by atoms with Crippen LogP contribution < -0.4 is 0 Å². The van der Waals surface area contributed by atoms with E-state index in [2.05, 4.69) is 5.16 Å². The zero-order valence-electron chi connectivity index (χ0n) is 18.1. The van der Waals surface area contributed by atoms with E-state index >= 15 is 0 Å². The monoisotopic (exact) mass is 451 g/mol. The molecule has 1 aliphatic rings. The summed E-state index contributed by atoms with van der Waals surface area (Å²) in [5.74, 6) is 0.145. The van der Waals surface area contributed by atoms with Gasteiger partial charge in [-0.2, -0.15) is 4.31 Å². The second-order valence-electron chi connectivity index (χ2n) is 7.71. The summed E-state index contributed by atoms with van der Waals surface area (Å²) < 4.78 is 32.3. The zero-order valence-corrected chi connectivity index (χ0v) is 18.9. The normalized spacial score (nSPS) is 15.4. The molecule has 0 bridgehead atoms. The van der Waals surface area contributed by atoms with Crippen LogP contribution in [0.4, 0.5) is 0 Å². The van der Waals surface area contributed by atoms with Crippen molar-refractivity contribution in [2.75, 3.05) is 26.2 Å². The highest BCUT2D eigenvalue weighted by Crippen LogP contribution is 2.24. The van der Waals surface area contributed by atoms with Crippen molar-refractivity contribution in [2.24, 2.45) is 0 Å². The third kappa shape index (κ3) is 4.51. The van der Waals surface area contributed by atoms with Gasteiger partial charge in [0, 0.05) is 32.3 Å². The predicted molar refractivity (Wildman–Crippen MR) is 122 cm³/mol. The van der Waals surface area contributed by atoms with Crippen molar-refractivity contribution in [3.05, 3.63) is 77.7 Å². The average Bonchev–Trinajstić information content (AvgIpc) is 3.17. The van der Waals surface area contributed by atoms with E-state index in [-0.39, 0.29) is 29.7 Å². The molecular formula is C24H25N3O4S. The molecule has 1 saturated heterocycles. The van der Waals surface area contributed by atoms with Gasteiger partial charge in [0.1, 0.15) is 10.6 Å². The molecule has 0 radical (unpaired) electrons. The van der Waals surface area contributed by atoms with E-state index in [9.17, 15) is 13.2 Å². The molecule has 32 heavy (non-hydrogen) atoms. The smallest absolute Gasteiger partial charge is 0.248 e. The summed E-state index contributed by atoms with van der Waals surface area (Å²) in [4.78, 5) is 14.5.